The zero-order valence-corrected chi connectivity index (χ0v) is 12.8. The predicted octanol–water partition coefficient (Wildman–Crippen LogP) is 3.68. The molecule has 2 N–H and O–H groups in total. The highest BCUT2D eigenvalue weighted by atomic mass is 16.2. The third kappa shape index (κ3) is 3.83. The number of hydrogen-bond acceptors (Lipinski definition) is 4. The van der Waals surface area contributed by atoms with Gasteiger partial charge in [0.15, 0.2) is 0 Å². The molecule has 5 nitrogen and oxygen atoms in total. The molecular weight excluding hydrogens is 276 g/mol. The molecule has 0 bridgehead atoms. The fourth-order valence-corrected chi connectivity index (χ4v) is 1.69. The molecule has 2 rings (SSSR count). The number of nitrogens with zero attached hydrogens (tertiary/aromatic N) is 2. The number of nitriles is 1. The molecule has 112 valence electrons. The summed E-state index contributed by atoms with van der Waals surface area (Å²) in [5, 5.41) is 15.0. The van der Waals surface area contributed by atoms with Crippen LogP contribution in [-0.4, -0.2) is 10.9 Å². The van der Waals surface area contributed by atoms with E-state index in [2.05, 4.69) is 21.7 Å². The summed E-state index contributed by atoms with van der Waals surface area (Å²) in [4.78, 5) is 16.1. The van der Waals surface area contributed by atoms with E-state index >= 15 is 0 Å². The second kappa shape index (κ2) is 6.27. The van der Waals surface area contributed by atoms with Crippen LogP contribution < -0.4 is 10.6 Å². The molecule has 1 aromatic heterocycles. The van der Waals surface area contributed by atoms with Crippen LogP contribution in [0.1, 0.15) is 26.3 Å². The quantitative estimate of drug-likeness (QED) is 0.905. The first kappa shape index (κ1) is 15.5. The first-order valence-electron chi connectivity index (χ1n) is 6.94. The number of aromatic nitrogens is 1. The molecule has 0 saturated heterocycles. The summed E-state index contributed by atoms with van der Waals surface area (Å²) in [6.07, 6.45) is 1.62. The number of anilines is 3. The summed E-state index contributed by atoms with van der Waals surface area (Å²) in [5.41, 5.74) is 1.56. The molecule has 0 fully saturated rings. The number of carbonyl (C=O) groups excluding carboxylic acids is 1. The van der Waals surface area contributed by atoms with Gasteiger partial charge >= 0.3 is 0 Å². The summed E-state index contributed by atoms with van der Waals surface area (Å²) < 4.78 is 0. The highest BCUT2D eigenvalue weighted by Gasteiger charge is 2.21. The highest BCUT2D eigenvalue weighted by Crippen LogP contribution is 2.21. The minimum atomic E-state index is -0.468. The fraction of sp³-hybridized carbons (Fsp3) is 0.235. The molecular formula is C17H18N4O. The lowest BCUT2D eigenvalue weighted by atomic mass is 9.96. The van der Waals surface area contributed by atoms with E-state index in [1.807, 2.05) is 39.0 Å². The largest absolute Gasteiger partial charge is 0.353 e. The molecule has 1 amide bonds. The molecule has 0 aliphatic carbocycles. The number of amides is 1. The predicted molar refractivity (Wildman–Crippen MR) is 86.8 cm³/mol. The molecule has 2 aromatic rings. The Balaban J connectivity index is 2.10. The lowest BCUT2D eigenvalue weighted by molar-refractivity contribution is -0.123. The smallest absolute Gasteiger partial charge is 0.230 e. The number of benzene rings is 1. The van der Waals surface area contributed by atoms with Crippen LogP contribution in [0, 0.1) is 16.7 Å². The van der Waals surface area contributed by atoms with Gasteiger partial charge in [-0.3, -0.25) is 4.79 Å². The Morgan fingerprint density at radius 2 is 1.91 bits per heavy atom. The maximum absolute atomic E-state index is 11.9. The molecule has 0 atom stereocenters. The van der Waals surface area contributed by atoms with Crippen LogP contribution in [0.5, 0.6) is 0 Å². The van der Waals surface area contributed by atoms with Crippen molar-refractivity contribution in [3.8, 4) is 6.07 Å². The van der Waals surface area contributed by atoms with E-state index in [1.165, 1.54) is 0 Å². The molecule has 1 heterocycles. The van der Waals surface area contributed by atoms with Crippen molar-refractivity contribution in [2.45, 2.75) is 20.8 Å². The lowest BCUT2D eigenvalue weighted by Gasteiger charge is -2.17. The van der Waals surface area contributed by atoms with Gasteiger partial charge in [-0.25, -0.2) is 4.98 Å². The molecule has 0 radical (unpaired) electrons. The Hall–Kier alpha value is -2.87. The number of carbonyl (C=O) groups is 1. The van der Waals surface area contributed by atoms with Gasteiger partial charge < -0.3 is 10.6 Å². The lowest BCUT2D eigenvalue weighted by Crippen LogP contribution is -2.27. The maximum atomic E-state index is 11.9. The van der Waals surface area contributed by atoms with Gasteiger partial charge in [-0.2, -0.15) is 5.26 Å². The van der Waals surface area contributed by atoms with Crippen molar-refractivity contribution in [2.24, 2.45) is 5.41 Å². The number of para-hydroxylation sites is 1. The third-order valence-corrected chi connectivity index (χ3v) is 3.01. The summed E-state index contributed by atoms with van der Waals surface area (Å²) >= 11 is 0. The average Bonchev–Trinajstić information content (AvgIpc) is 2.49. The van der Waals surface area contributed by atoms with Gasteiger partial charge in [-0.15, -0.1) is 0 Å². The normalized spacial score (nSPS) is 10.6. The van der Waals surface area contributed by atoms with Gasteiger partial charge in [0.25, 0.3) is 0 Å². The van der Waals surface area contributed by atoms with Crippen molar-refractivity contribution < 1.29 is 4.79 Å². The first-order chi connectivity index (χ1) is 10.4. The van der Waals surface area contributed by atoms with Crippen molar-refractivity contribution in [1.29, 1.82) is 5.26 Å². The van der Waals surface area contributed by atoms with E-state index in [0.717, 1.165) is 11.4 Å². The number of nitrogens with one attached hydrogen (secondary N) is 2. The van der Waals surface area contributed by atoms with Crippen molar-refractivity contribution in [2.75, 3.05) is 10.6 Å². The van der Waals surface area contributed by atoms with Crippen LogP contribution in [0.25, 0.3) is 0 Å². The van der Waals surface area contributed by atoms with E-state index in [4.69, 9.17) is 5.26 Å². The van der Waals surface area contributed by atoms with Gasteiger partial charge in [0.1, 0.15) is 11.9 Å². The first-order valence-corrected chi connectivity index (χ1v) is 6.94. The molecule has 1 aromatic carbocycles. The van der Waals surface area contributed by atoms with Gasteiger partial charge in [-0.05, 0) is 24.3 Å². The highest BCUT2D eigenvalue weighted by molar-refractivity contribution is 5.93. The van der Waals surface area contributed by atoms with Crippen LogP contribution in [0.4, 0.5) is 17.2 Å². The van der Waals surface area contributed by atoms with Crippen molar-refractivity contribution in [3.63, 3.8) is 0 Å². The summed E-state index contributed by atoms with van der Waals surface area (Å²) in [6, 6.07) is 12.9. The Bertz CT molecular complexity index is 709. The van der Waals surface area contributed by atoms with Gasteiger partial charge in [0.05, 0.1) is 23.1 Å². The van der Waals surface area contributed by atoms with E-state index in [0.29, 0.717) is 11.4 Å². The number of rotatable bonds is 3. The average molecular weight is 294 g/mol. The van der Waals surface area contributed by atoms with Crippen LogP contribution in [0.3, 0.4) is 0 Å². The third-order valence-electron chi connectivity index (χ3n) is 3.01. The Kier molecular flexibility index (Phi) is 4.42. The zero-order chi connectivity index (χ0) is 16.2. The van der Waals surface area contributed by atoms with Crippen LogP contribution in [-0.2, 0) is 4.79 Å². The number of hydrogen-bond donors (Lipinski definition) is 2. The summed E-state index contributed by atoms with van der Waals surface area (Å²) in [6.45, 7) is 5.53. The van der Waals surface area contributed by atoms with Crippen LogP contribution >= 0.6 is 0 Å². The SMILES string of the molecule is CC(C)(C)C(=O)Nc1ccc(Nc2ccccc2C#N)cn1. The second-order valence-corrected chi connectivity index (χ2v) is 5.92. The summed E-state index contributed by atoms with van der Waals surface area (Å²) in [7, 11) is 0. The molecule has 0 unspecified atom stereocenters. The Morgan fingerprint density at radius 3 is 2.50 bits per heavy atom. The monoisotopic (exact) mass is 294 g/mol. The van der Waals surface area contributed by atoms with Gasteiger partial charge in [-0.1, -0.05) is 32.9 Å². The van der Waals surface area contributed by atoms with Crippen molar-refractivity contribution in [1.82, 2.24) is 4.98 Å². The Morgan fingerprint density at radius 1 is 1.18 bits per heavy atom. The molecule has 0 spiro atoms. The molecule has 22 heavy (non-hydrogen) atoms. The second-order valence-electron chi connectivity index (χ2n) is 5.92. The molecule has 0 saturated carbocycles. The number of pyridine rings is 1. The minimum absolute atomic E-state index is 0.0875. The zero-order valence-electron chi connectivity index (χ0n) is 12.8. The van der Waals surface area contributed by atoms with E-state index in [-0.39, 0.29) is 5.91 Å². The summed E-state index contributed by atoms with van der Waals surface area (Å²) in [5.74, 6) is 0.412. The van der Waals surface area contributed by atoms with E-state index < -0.39 is 5.41 Å². The maximum Gasteiger partial charge on any atom is 0.230 e. The van der Waals surface area contributed by atoms with Crippen molar-refractivity contribution >= 4 is 23.1 Å². The standard InChI is InChI=1S/C17H18N4O/c1-17(2,3)16(22)21-15-9-8-13(11-19-15)20-14-7-5-4-6-12(14)10-18/h4-9,11,20H,1-3H3,(H,19,21,22). The minimum Gasteiger partial charge on any atom is -0.353 e. The van der Waals surface area contributed by atoms with Gasteiger partial charge in [0.2, 0.25) is 5.91 Å². The van der Waals surface area contributed by atoms with Gasteiger partial charge in [0, 0.05) is 5.41 Å². The van der Waals surface area contributed by atoms with E-state index in [1.54, 1.807) is 24.4 Å². The van der Waals surface area contributed by atoms with Crippen LogP contribution in [0.2, 0.25) is 0 Å². The topological polar surface area (TPSA) is 77.8 Å². The molecule has 0 aliphatic heterocycles. The van der Waals surface area contributed by atoms with E-state index in [9.17, 15) is 4.79 Å². The molecule has 5 heteroatoms. The fourth-order valence-electron chi connectivity index (χ4n) is 1.69. The van der Waals surface area contributed by atoms with Crippen molar-refractivity contribution in [3.05, 3.63) is 48.2 Å². The molecule has 0 aliphatic rings. The Labute approximate surface area is 130 Å². The van der Waals surface area contributed by atoms with Crippen LogP contribution in [0.15, 0.2) is 42.6 Å².